The third-order valence-electron chi connectivity index (χ3n) is 4.43. The van der Waals surface area contributed by atoms with Gasteiger partial charge < -0.3 is 9.72 Å². The zero-order valence-electron chi connectivity index (χ0n) is 15.5. The molecule has 0 spiro atoms. The minimum absolute atomic E-state index is 0.312. The number of benzene rings is 3. The van der Waals surface area contributed by atoms with E-state index in [1.807, 2.05) is 48.5 Å². The first-order valence-corrected chi connectivity index (χ1v) is 10.5. The van der Waals surface area contributed by atoms with Crippen molar-refractivity contribution >= 4 is 61.8 Å². The number of nitriles is 1. The predicted molar refractivity (Wildman–Crippen MR) is 125 cm³/mol. The molecule has 4 nitrogen and oxygen atoms in total. The average molecular weight is 499 g/mol. The van der Waals surface area contributed by atoms with Crippen LogP contribution in [0.1, 0.15) is 17.0 Å². The molecule has 30 heavy (non-hydrogen) atoms. The number of nitrogens with zero attached hydrogens (tertiary/aromatic N) is 2. The number of halogens is 3. The van der Waals surface area contributed by atoms with Crippen LogP contribution in [0.25, 0.3) is 22.7 Å². The Morgan fingerprint density at radius 3 is 2.70 bits per heavy atom. The number of aromatic nitrogens is 2. The lowest BCUT2D eigenvalue weighted by atomic mass is 10.1. The van der Waals surface area contributed by atoms with E-state index in [9.17, 15) is 5.26 Å². The number of imidazole rings is 1. The Kier molecular flexibility index (Phi) is 6.10. The van der Waals surface area contributed by atoms with Crippen LogP contribution in [0, 0.1) is 11.3 Å². The minimum Gasteiger partial charge on any atom is -0.488 e. The quantitative estimate of drug-likeness (QED) is 0.294. The highest BCUT2D eigenvalue weighted by Gasteiger charge is 2.09. The molecular formula is C23H14BrCl2N3O. The molecule has 0 aliphatic carbocycles. The monoisotopic (exact) mass is 497 g/mol. The number of hydrogen-bond acceptors (Lipinski definition) is 3. The molecule has 148 valence electrons. The Morgan fingerprint density at radius 1 is 1.13 bits per heavy atom. The highest BCUT2D eigenvalue weighted by Crippen LogP contribution is 2.30. The van der Waals surface area contributed by atoms with Crippen LogP contribution in [0.15, 0.2) is 65.1 Å². The van der Waals surface area contributed by atoms with Gasteiger partial charge in [0, 0.05) is 15.6 Å². The lowest BCUT2D eigenvalue weighted by Gasteiger charge is -2.10. The molecule has 0 bridgehead atoms. The molecule has 3 aromatic carbocycles. The van der Waals surface area contributed by atoms with Crippen molar-refractivity contribution in [3.8, 4) is 11.8 Å². The van der Waals surface area contributed by atoms with Gasteiger partial charge in [0.05, 0.1) is 21.1 Å². The number of nitrogens with one attached hydrogen (secondary N) is 1. The Morgan fingerprint density at radius 2 is 1.97 bits per heavy atom. The summed E-state index contributed by atoms with van der Waals surface area (Å²) in [6, 6.07) is 20.8. The standard InChI is InChI=1S/C23H14BrCl2N3O/c24-18-10-14(5-8-22(18)30-13-15-6-7-17(25)11-19(15)26)9-16(12-27)23-28-20-3-1-2-4-21(20)29-23/h1-11H,13H2,(H,28,29). The van der Waals surface area contributed by atoms with Crippen molar-refractivity contribution in [2.24, 2.45) is 0 Å². The molecule has 0 aliphatic rings. The van der Waals surface area contributed by atoms with Crippen molar-refractivity contribution in [1.29, 1.82) is 5.26 Å². The summed E-state index contributed by atoms with van der Waals surface area (Å²) >= 11 is 15.7. The Labute approximate surface area is 191 Å². The van der Waals surface area contributed by atoms with Crippen LogP contribution in [-0.2, 0) is 6.61 Å². The first-order valence-electron chi connectivity index (χ1n) is 8.96. The lowest BCUT2D eigenvalue weighted by molar-refractivity contribution is 0.304. The number of aromatic amines is 1. The van der Waals surface area contributed by atoms with Crippen LogP contribution >= 0.6 is 39.1 Å². The van der Waals surface area contributed by atoms with Crippen LogP contribution < -0.4 is 4.74 Å². The molecule has 0 amide bonds. The molecule has 1 aromatic heterocycles. The average Bonchev–Trinajstić information content (AvgIpc) is 3.16. The molecule has 1 N–H and O–H groups in total. The van der Waals surface area contributed by atoms with Crippen LogP contribution in [0.4, 0.5) is 0 Å². The van der Waals surface area contributed by atoms with Gasteiger partial charge in [-0.1, -0.05) is 47.5 Å². The van der Waals surface area contributed by atoms with Crippen LogP contribution in [0.3, 0.4) is 0 Å². The Hall–Kier alpha value is -2.78. The number of ether oxygens (including phenoxy) is 1. The Balaban J connectivity index is 1.55. The smallest absolute Gasteiger partial charge is 0.149 e. The fourth-order valence-electron chi connectivity index (χ4n) is 2.92. The van der Waals surface area contributed by atoms with E-state index in [0.29, 0.717) is 33.8 Å². The molecule has 0 fully saturated rings. The summed E-state index contributed by atoms with van der Waals surface area (Å²) in [6.45, 7) is 0.312. The van der Waals surface area contributed by atoms with E-state index in [1.54, 1.807) is 18.2 Å². The maximum Gasteiger partial charge on any atom is 0.149 e. The van der Waals surface area contributed by atoms with E-state index < -0.39 is 0 Å². The van der Waals surface area contributed by atoms with Gasteiger partial charge >= 0.3 is 0 Å². The predicted octanol–water partition coefficient (Wildman–Crippen LogP) is 7.28. The van der Waals surface area contributed by atoms with Crippen molar-refractivity contribution in [3.63, 3.8) is 0 Å². The fraction of sp³-hybridized carbons (Fsp3) is 0.0435. The second kappa shape index (κ2) is 8.93. The van der Waals surface area contributed by atoms with Crippen LogP contribution in [0.5, 0.6) is 5.75 Å². The van der Waals surface area contributed by atoms with E-state index in [0.717, 1.165) is 26.6 Å². The number of fused-ring (bicyclic) bond motifs is 1. The van der Waals surface area contributed by atoms with Crippen molar-refractivity contribution < 1.29 is 4.74 Å². The van der Waals surface area contributed by atoms with Gasteiger partial charge in [-0.15, -0.1) is 0 Å². The SMILES string of the molecule is N#CC(=Cc1ccc(OCc2ccc(Cl)cc2Cl)c(Br)c1)c1nc2ccccc2[nH]1. The molecule has 0 saturated heterocycles. The number of allylic oxidation sites excluding steroid dienone is 1. The van der Waals surface area contributed by atoms with Crippen LogP contribution in [-0.4, -0.2) is 9.97 Å². The number of hydrogen-bond donors (Lipinski definition) is 1. The topological polar surface area (TPSA) is 61.7 Å². The summed E-state index contributed by atoms with van der Waals surface area (Å²) in [5.74, 6) is 1.20. The fourth-order valence-corrected chi connectivity index (χ4v) is 3.89. The summed E-state index contributed by atoms with van der Waals surface area (Å²) in [5.41, 5.74) is 3.84. The third kappa shape index (κ3) is 4.52. The van der Waals surface area contributed by atoms with Gasteiger partial charge in [0.2, 0.25) is 0 Å². The molecular weight excluding hydrogens is 485 g/mol. The third-order valence-corrected chi connectivity index (χ3v) is 5.64. The van der Waals surface area contributed by atoms with Crippen molar-refractivity contribution in [3.05, 3.63) is 92.1 Å². The van der Waals surface area contributed by atoms with Gasteiger partial charge in [0.1, 0.15) is 24.3 Å². The molecule has 0 saturated carbocycles. The number of para-hydroxylation sites is 2. The molecule has 4 aromatic rings. The first kappa shape index (κ1) is 20.5. The maximum atomic E-state index is 9.61. The van der Waals surface area contributed by atoms with E-state index in [4.69, 9.17) is 27.9 Å². The molecule has 7 heteroatoms. The summed E-state index contributed by atoms with van der Waals surface area (Å²) in [6.07, 6.45) is 1.78. The zero-order chi connectivity index (χ0) is 21.1. The number of H-pyrrole nitrogens is 1. The van der Waals surface area contributed by atoms with E-state index in [2.05, 4.69) is 32.0 Å². The highest BCUT2D eigenvalue weighted by atomic mass is 79.9. The molecule has 0 radical (unpaired) electrons. The second-order valence-electron chi connectivity index (χ2n) is 6.49. The largest absolute Gasteiger partial charge is 0.488 e. The van der Waals surface area contributed by atoms with E-state index in [1.165, 1.54) is 0 Å². The van der Waals surface area contributed by atoms with Gasteiger partial charge in [-0.2, -0.15) is 5.26 Å². The van der Waals surface area contributed by atoms with Gasteiger partial charge in [0.25, 0.3) is 0 Å². The minimum atomic E-state index is 0.312. The van der Waals surface area contributed by atoms with Gasteiger partial charge in [0.15, 0.2) is 0 Å². The maximum absolute atomic E-state index is 9.61. The van der Waals surface area contributed by atoms with Crippen molar-refractivity contribution in [2.45, 2.75) is 6.61 Å². The zero-order valence-corrected chi connectivity index (χ0v) is 18.6. The molecule has 0 aliphatic heterocycles. The van der Waals surface area contributed by atoms with Crippen LogP contribution in [0.2, 0.25) is 10.0 Å². The van der Waals surface area contributed by atoms with E-state index >= 15 is 0 Å². The summed E-state index contributed by atoms with van der Waals surface area (Å²) in [5, 5.41) is 10.7. The molecule has 4 rings (SSSR count). The highest BCUT2D eigenvalue weighted by molar-refractivity contribution is 9.10. The number of rotatable bonds is 5. The molecule has 0 unspecified atom stereocenters. The van der Waals surface area contributed by atoms with Crippen molar-refractivity contribution in [2.75, 3.05) is 0 Å². The summed E-state index contributed by atoms with van der Waals surface area (Å²) < 4.78 is 6.64. The molecule has 0 atom stereocenters. The van der Waals surface area contributed by atoms with Gasteiger partial charge in [-0.25, -0.2) is 4.98 Å². The van der Waals surface area contributed by atoms with E-state index in [-0.39, 0.29) is 0 Å². The Bertz CT molecular complexity index is 1270. The second-order valence-corrected chi connectivity index (χ2v) is 8.18. The summed E-state index contributed by atoms with van der Waals surface area (Å²) in [7, 11) is 0. The first-order chi connectivity index (χ1) is 14.5. The van der Waals surface area contributed by atoms with Gasteiger partial charge in [-0.05, 0) is 64.0 Å². The normalized spacial score (nSPS) is 11.5. The summed E-state index contributed by atoms with van der Waals surface area (Å²) in [4.78, 5) is 7.67. The van der Waals surface area contributed by atoms with Gasteiger partial charge in [-0.3, -0.25) is 0 Å². The lowest BCUT2D eigenvalue weighted by Crippen LogP contribution is -1.97. The van der Waals surface area contributed by atoms with Crippen molar-refractivity contribution in [1.82, 2.24) is 9.97 Å². The molecule has 1 heterocycles.